The smallest absolute Gasteiger partial charge is 0.320 e. The highest BCUT2D eigenvalue weighted by Crippen LogP contribution is 2.27. The molecule has 15 heavy (non-hydrogen) atoms. The van der Waals surface area contributed by atoms with E-state index in [9.17, 15) is 13.6 Å². The van der Waals surface area contributed by atoms with Gasteiger partial charge in [0.05, 0.1) is 12.8 Å². The van der Waals surface area contributed by atoms with Crippen molar-refractivity contribution in [2.75, 3.05) is 19.1 Å². The predicted octanol–water partition coefficient (Wildman–Crippen LogP) is 2.77. The molecular weight excluding hydrogens is 228 g/mol. The van der Waals surface area contributed by atoms with Gasteiger partial charge in [0.1, 0.15) is 0 Å². The van der Waals surface area contributed by atoms with Crippen LogP contribution in [0, 0.1) is 11.6 Å². The van der Waals surface area contributed by atoms with Gasteiger partial charge in [-0.3, -0.25) is 9.69 Å². The van der Waals surface area contributed by atoms with Gasteiger partial charge in [-0.2, -0.15) is 0 Å². The molecule has 0 heterocycles. The summed E-state index contributed by atoms with van der Waals surface area (Å²) in [6.45, 7) is 0. The minimum absolute atomic E-state index is 0.230. The van der Waals surface area contributed by atoms with E-state index in [0.717, 1.165) is 17.0 Å². The van der Waals surface area contributed by atoms with Crippen LogP contribution < -0.4 is 9.64 Å². The lowest BCUT2D eigenvalue weighted by Gasteiger charge is -2.15. The fourth-order valence-electron chi connectivity index (χ4n) is 1.03. The summed E-state index contributed by atoms with van der Waals surface area (Å²) in [7, 11) is 2.45. The minimum Gasteiger partial charge on any atom is -0.494 e. The molecule has 0 N–H and O–H groups in total. The van der Waals surface area contributed by atoms with Crippen LogP contribution in [0.15, 0.2) is 12.1 Å². The van der Waals surface area contributed by atoms with E-state index >= 15 is 0 Å². The number of ether oxygens (including phenoxy) is 1. The number of methoxy groups -OCH3 is 1. The average Bonchev–Trinajstić information content (AvgIpc) is 2.19. The predicted molar refractivity (Wildman–Crippen MR) is 52.6 cm³/mol. The second-order valence-electron chi connectivity index (χ2n) is 2.75. The third-order valence-electron chi connectivity index (χ3n) is 1.85. The molecule has 0 spiro atoms. The largest absolute Gasteiger partial charge is 0.494 e. The van der Waals surface area contributed by atoms with Crippen LogP contribution in [-0.2, 0) is 0 Å². The Bertz CT molecular complexity index is 398. The van der Waals surface area contributed by atoms with E-state index in [0.29, 0.717) is 0 Å². The van der Waals surface area contributed by atoms with Crippen LogP contribution in [0.5, 0.6) is 5.75 Å². The lowest BCUT2D eigenvalue weighted by molar-refractivity contribution is 0.265. The fraction of sp³-hybridized carbons (Fsp3) is 0.222. The van der Waals surface area contributed by atoms with Gasteiger partial charge in [0, 0.05) is 19.2 Å². The van der Waals surface area contributed by atoms with Crippen LogP contribution in [-0.4, -0.2) is 19.5 Å². The van der Waals surface area contributed by atoms with Crippen LogP contribution >= 0.6 is 11.6 Å². The van der Waals surface area contributed by atoms with E-state index in [1.54, 1.807) is 0 Å². The van der Waals surface area contributed by atoms with Crippen molar-refractivity contribution in [3.05, 3.63) is 23.8 Å². The van der Waals surface area contributed by atoms with E-state index in [2.05, 4.69) is 4.74 Å². The Morgan fingerprint density at radius 2 is 2.00 bits per heavy atom. The third kappa shape index (κ3) is 2.36. The lowest BCUT2D eigenvalue weighted by Crippen LogP contribution is -2.21. The average molecular weight is 236 g/mol. The third-order valence-corrected chi connectivity index (χ3v) is 2.10. The van der Waals surface area contributed by atoms with Crippen LogP contribution in [0.3, 0.4) is 0 Å². The Morgan fingerprint density at radius 3 is 2.47 bits per heavy atom. The fourth-order valence-corrected chi connectivity index (χ4v) is 1.12. The molecule has 0 aliphatic carbocycles. The van der Waals surface area contributed by atoms with Gasteiger partial charge >= 0.3 is 5.37 Å². The maximum atomic E-state index is 13.3. The molecule has 1 aromatic rings. The van der Waals surface area contributed by atoms with Crippen molar-refractivity contribution in [1.82, 2.24) is 0 Å². The summed E-state index contributed by atoms with van der Waals surface area (Å²) in [6.07, 6.45) is 0. The Kier molecular flexibility index (Phi) is 3.47. The molecule has 1 aromatic carbocycles. The molecule has 0 aliphatic rings. The standard InChI is InChI=1S/C9H8ClF2NO2/c1-13(9(10)14)7-3-6(12)8(15-2)4-5(7)11/h3-4H,1-2H3. The molecule has 0 unspecified atom stereocenters. The molecule has 0 atom stereocenters. The molecule has 0 saturated heterocycles. The summed E-state index contributed by atoms with van der Waals surface area (Å²) in [4.78, 5) is 11.5. The van der Waals surface area contributed by atoms with E-state index in [4.69, 9.17) is 11.6 Å². The van der Waals surface area contributed by atoms with Crippen molar-refractivity contribution in [3.8, 4) is 5.75 Å². The molecule has 0 aromatic heterocycles. The lowest BCUT2D eigenvalue weighted by atomic mass is 10.2. The van der Waals surface area contributed by atoms with Crippen LogP contribution in [0.2, 0.25) is 0 Å². The number of carbonyl (C=O) groups is 1. The van der Waals surface area contributed by atoms with E-state index < -0.39 is 17.0 Å². The molecule has 0 saturated carbocycles. The first-order valence-corrected chi connectivity index (χ1v) is 4.31. The SMILES string of the molecule is COc1cc(F)c(N(C)C(=O)Cl)cc1F. The topological polar surface area (TPSA) is 29.5 Å². The van der Waals surface area contributed by atoms with Crippen molar-refractivity contribution >= 4 is 22.7 Å². The Labute approximate surface area is 90.2 Å². The van der Waals surface area contributed by atoms with Crippen molar-refractivity contribution in [1.29, 1.82) is 0 Å². The Hall–Kier alpha value is -1.36. The quantitative estimate of drug-likeness (QED) is 0.583. The summed E-state index contributed by atoms with van der Waals surface area (Å²) in [5.74, 6) is -1.78. The zero-order valence-corrected chi connectivity index (χ0v) is 8.81. The summed E-state index contributed by atoms with van der Waals surface area (Å²) in [6, 6.07) is 1.69. The van der Waals surface area contributed by atoms with E-state index in [-0.39, 0.29) is 11.4 Å². The number of halogens is 3. The monoisotopic (exact) mass is 235 g/mol. The molecule has 3 nitrogen and oxygen atoms in total. The van der Waals surface area contributed by atoms with Crippen molar-refractivity contribution in [3.63, 3.8) is 0 Å². The highest BCUT2D eigenvalue weighted by atomic mass is 35.5. The van der Waals surface area contributed by atoms with Crippen LogP contribution in [0.1, 0.15) is 0 Å². The zero-order chi connectivity index (χ0) is 11.6. The molecule has 1 rings (SSSR count). The van der Waals surface area contributed by atoms with Gasteiger partial charge in [0.15, 0.2) is 17.4 Å². The molecule has 0 fully saturated rings. The molecule has 0 aliphatic heterocycles. The summed E-state index contributed by atoms with van der Waals surface area (Å²) < 4.78 is 31.1. The van der Waals surface area contributed by atoms with E-state index in [1.165, 1.54) is 14.2 Å². The number of hydrogen-bond donors (Lipinski definition) is 0. The van der Waals surface area contributed by atoms with Gasteiger partial charge in [-0.25, -0.2) is 8.78 Å². The maximum absolute atomic E-state index is 13.3. The van der Waals surface area contributed by atoms with Gasteiger partial charge in [-0.05, 0) is 11.6 Å². The van der Waals surface area contributed by atoms with Crippen LogP contribution in [0.4, 0.5) is 19.3 Å². The Balaban J connectivity index is 3.21. The molecular formula is C9H8ClF2NO2. The highest BCUT2D eigenvalue weighted by Gasteiger charge is 2.16. The van der Waals surface area contributed by atoms with Crippen LogP contribution in [0.25, 0.3) is 0 Å². The van der Waals surface area contributed by atoms with Gasteiger partial charge in [0.25, 0.3) is 0 Å². The first-order valence-electron chi connectivity index (χ1n) is 3.93. The summed E-state index contributed by atoms with van der Waals surface area (Å²) >= 11 is 5.13. The number of benzene rings is 1. The minimum atomic E-state index is -0.904. The Morgan fingerprint density at radius 1 is 1.40 bits per heavy atom. The zero-order valence-electron chi connectivity index (χ0n) is 8.05. The van der Waals surface area contributed by atoms with Crippen molar-refractivity contribution < 1.29 is 18.3 Å². The molecule has 6 heteroatoms. The van der Waals surface area contributed by atoms with E-state index in [1.807, 2.05) is 0 Å². The number of rotatable bonds is 2. The normalized spacial score (nSPS) is 9.93. The van der Waals surface area contributed by atoms with Gasteiger partial charge in [-0.1, -0.05) is 0 Å². The second kappa shape index (κ2) is 4.44. The first kappa shape index (κ1) is 11.7. The van der Waals surface area contributed by atoms with Crippen molar-refractivity contribution in [2.24, 2.45) is 0 Å². The molecule has 0 bridgehead atoms. The van der Waals surface area contributed by atoms with Gasteiger partial charge in [0.2, 0.25) is 0 Å². The van der Waals surface area contributed by atoms with Crippen molar-refractivity contribution in [2.45, 2.75) is 0 Å². The number of nitrogens with zero attached hydrogens (tertiary/aromatic N) is 1. The summed E-state index contributed by atoms with van der Waals surface area (Å²) in [5.41, 5.74) is -0.242. The number of amides is 1. The number of carbonyl (C=O) groups excluding carboxylic acids is 1. The first-order chi connectivity index (χ1) is 6.97. The van der Waals surface area contributed by atoms with Gasteiger partial charge < -0.3 is 4.74 Å². The highest BCUT2D eigenvalue weighted by molar-refractivity contribution is 6.66. The summed E-state index contributed by atoms with van der Waals surface area (Å²) in [5, 5.41) is -0.904. The number of anilines is 1. The van der Waals surface area contributed by atoms with Gasteiger partial charge in [-0.15, -0.1) is 0 Å². The molecule has 1 amide bonds. The second-order valence-corrected chi connectivity index (χ2v) is 3.07. The number of hydrogen-bond acceptors (Lipinski definition) is 2. The molecule has 0 radical (unpaired) electrons. The molecule has 82 valence electrons. The maximum Gasteiger partial charge on any atom is 0.320 e.